The molecule has 2 heterocycles. The maximum Gasteiger partial charge on any atom is 0.239 e. The van der Waals surface area contributed by atoms with Crippen LogP contribution >= 0.6 is 24.0 Å². The first-order chi connectivity index (χ1) is 15.4. The minimum absolute atomic E-state index is 0. The van der Waals surface area contributed by atoms with E-state index in [0.29, 0.717) is 35.9 Å². The molecule has 4 rings (SSSR count). The standard InChI is InChI=1S/C25H24N2O3S2.H2/c1-4-16-7-6-15(12-17(16)5-2)14-27-22(28)11-9-19-18(8-10-20(30-3)23(19)27)13-21-24(29)26-25(31)32-21;/h4-8,10,12,21H,1-2,9,11,13-14H2,3H3,(H,26,29,31);1H. The highest BCUT2D eigenvalue weighted by Gasteiger charge is 2.33. The zero-order chi connectivity index (χ0) is 22.8. The van der Waals surface area contributed by atoms with Crippen molar-refractivity contribution in [3.05, 3.63) is 71.3 Å². The van der Waals surface area contributed by atoms with Gasteiger partial charge in [0.05, 0.1) is 24.6 Å². The summed E-state index contributed by atoms with van der Waals surface area (Å²) < 4.78 is 6.16. The number of hydrogen-bond donors (Lipinski definition) is 1. The van der Waals surface area contributed by atoms with E-state index >= 15 is 0 Å². The molecule has 0 bridgehead atoms. The number of amides is 2. The van der Waals surface area contributed by atoms with E-state index in [1.807, 2.05) is 30.3 Å². The summed E-state index contributed by atoms with van der Waals surface area (Å²) in [6, 6.07) is 9.90. The van der Waals surface area contributed by atoms with Crippen molar-refractivity contribution in [2.45, 2.75) is 31.1 Å². The first-order valence-electron chi connectivity index (χ1n) is 10.3. The van der Waals surface area contributed by atoms with Crippen molar-refractivity contribution in [1.82, 2.24) is 5.32 Å². The number of anilines is 1. The number of carbonyl (C=O) groups is 2. The number of carbonyl (C=O) groups excluding carboxylic acids is 2. The molecular weight excluding hydrogens is 440 g/mol. The molecule has 2 aromatic rings. The van der Waals surface area contributed by atoms with Crippen LogP contribution in [0.15, 0.2) is 43.5 Å². The van der Waals surface area contributed by atoms with Gasteiger partial charge in [-0.1, -0.05) is 67.5 Å². The van der Waals surface area contributed by atoms with Gasteiger partial charge in [-0.15, -0.1) is 0 Å². The molecule has 0 saturated carbocycles. The summed E-state index contributed by atoms with van der Waals surface area (Å²) in [4.78, 5) is 27.0. The molecule has 0 aliphatic carbocycles. The van der Waals surface area contributed by atoms with Gasteiger partial charge in [-0.2, -0.15) is 0 Å². The minimum Gasteiger partial charge on any atom is -0.495 e. The molecule has 1 fully saturated rings. The molecule has 2 aromatic carbocycles. The minimum atomic E-state index is -0.257. The van der Waals surface area contributed by atoms with Gasteiger partial charge in [0.2, 0.25) is 11.8 Å². The molecule has 32 heavy (non-hydrogen) atoms. The van der Waals surface area contributed by atoms with Crippen molar-refractivity contribution in [2.24, 2.45) is 0 Å². The number of nitrogens with zero attached hydrogens (tertiary/aromatic N) is 1. The molecule has 0 spiro atoms. The van der Waals surface area contributed by atoms with Gasteiger partial charge in [-0.25, -0.2) is 0 Å². The smallest absolute Gasteiger partial charge is 0.239 e. The number of methoxy groups -OCH3 is 1. The van der Waals surface area contributed by atoms with Gasteiger partial charge in [-0.3, -0.25) is 9.59 Å². The highest BCUT2D eigenvalue weighted by atomic mass is 32.2. The fourth-order valence-corrected chi connectivity index (χ4v) is 5.54. The quantitative estimate of drug-likeness (QED) is 0.596. The van der Waals surface area contributed by atoms with E-state index in [1.165, 1.54) is 11.8 Å². The first-order valence-corrected chi connectivity index (χ1v) is 11.6. The molecule has 1 saturated heterocycles. The number of benzene rings is 2. The Kier molecular flexibility index (Phi) is 6.48. The Hall–Kier alpha value is -2.90. The Balaban J connectivity index is 0.00000306. The Morgan fingerprint density at radius 2 is 2.00 bits per heavy atom. The Morgan fingerprint density at radius 3 is 2.66 bits per heavy atom. The van der Waals surface area contributed by atoms with E-state index in [-0.39, 0.29) is 18.5 Å². The highest BCUT2D eigenvalue weighted by Crippen LogP contribution is 2.41. The lowest BCUT2D eigenvalue weighted by Gasteiger charge is -2.32. The highest BCUT2D eigenvalue weighted by molar-refractivity contribution is 8.24. The van der Waals surface area contributed by atoms with Crippen molar-refractivity contribution < 1.29 is 15.8 Å². The SMILES string of the molecule is C=Cc1ccc(CN2C(=O)CCc3c(CC4SC(=S)NC4=O)ccc(OC)c32)cc1C=C.[HH]. The van der Waals surface area contributed by atoms with Crippen molar-refractivity contribution in [2.75, 3.05) is 12.0 Å². The van der Waals surface area contributed by atoms with E-state index in [9.17, 15) is 9.59 Å². The van der Waals surface area contributed by atoms with Gasteiger partial charge in [0.15, 0.2) is 0 Å². The summed E-state index contributed by atoms with van der Waals surface area (Å²) in [5.74, 6) is 0.644. The van der Waals surface area contributed by atoms with Crippen LogP contribution in [-0.2, 0) is 29.0 Å². The van der Waals surface area contributed by atoms with Crippen LogP contribution in [0.1, 0.15) is 35.7 Å². The van der Waals surface area contributed by atoms with E-state index in [4.69, 9.17) is 17.0 Å². The fraction of sp³-hybridized carbons (Fsp3) is 0.240. The summed E-state index contributed by atoms with van der Waals surface area (Å²) in [5.41, 5.74) is 5.86. The molecule has 2 aliphatic rings. The topological polar surface area (TPSA) is 58.6 Å². The van der Waals surface area contributed by atoms with Gasteiger partial charge in [-0.05, 0) is 52.8 Å². The van der Waals surface area contributed by atoms with Crippen molar-refractivity contribution in [1.29, 1.82) is 0 Å². The van der Waals surface area contributed by atoms with Crippen LogP contribution < -0.4 is 15.0 Å². The number of thioether (sulfide) groups is 1. The van der Waals surface area contributed by atoms with E-state index in [0.717, 1.165) is 33.5 Å². The molecule has 5 nitrogen and oxygen atoms in total. The van der Waals surface area contributed by atoms with E-state index in [2.05, 4.69) is 18.5 Å². The summed E-state index contributed by atoms with van der Waals surface area (Å²) in [7, 11) is 1.61. The van der Waals surface area contributed by atoms with Gasteiger partial charge in [0.1, 0.15) is 10.1 Å². The number of fused-ring (bicyclic) bond motifs is 1. The van der Waals surface area contributed by atoms with Crippen LogP contribution in [0.4, 0.5) is 5.69 Å². The fourth-order valence-electron chi connectivity index (χ4n) is 4.24. The van der Waals surface area contributed by atoms with E-state index < -0.39 is 0 Å². The number of thiocarbonyl (C=S) groups is 1. The predicted molar refractivity (Wildman–Crippen MR) is 137 cm³/mol. The molecule has 1 N–H and O–H groups in total. The lowest BCUT2D eigenvalue weighted by Crippen LogP contribution is -2.35. The van der Waals surface area contributed by atoms with Gasteiger partial charge in [0, 0.05) is 7.85 Å². The second kappa shape index (κ2) is 9.30. The van der Waals surface area contributed by atoms with E-state index in [1.54, 1.807) is 24.2 Å². The molecule has 166 valence electrons. The molecule has 0 aromatic heterocycles. The van der Waals surface area contributed by atoms with Crippen LogP contribution in [0.5, 0.6) is 5.75 Å². The van der Waals surface area contributed by atoms with Crippen molar-refractivity contribution >= 4 is 58.0 Å². The first kappa shape index (κ1) is 22.3. The summed E-state index contributed by atoms with van der Waals surface area (Å²) in [5, 5.41) is 2.45. The lowest BCUT2D eigenvalue weighted by atomic mass is 9.92. The second-order valence-corrected chi connectivity index (χ2v) is 9.57. The average molecular weight is 467 g/mol. The van der Waals surface area contributed by atoms with Crippen LogP contribution in [0.25, 0.3) is 12.2 Å². The zero-order valence-corrected chi connectivity index (χ0v) is 19.5. The molecule has 2 aliphatic heterocycles. The van der Waals surface area contributed by atoms with Crippen LogP contribution in [0, 0.1) is 0 Å². The monoisotopic (exact) mass is 466 g/mol. The molecule has 1 atom stereocenters. The van der Waals surface area contributed by atoms with Crippen molar-refractivity contribution in [3.63, 3.8) is 0 Å². The zero-order valence-electron chi connectivity index (χ0n) is 17.8. The third-order valence-electron chi connectivity index (χ3n) is 5.83. The Labute approximate surface area is 199 Å². The van der Waals surface area contributed by atoms with Gasteiger partial charge < -0.3 is 15.0 Å². The predicted octanol–water partition coefficient (Wildman–Crippen LogP) is 4.77. The molecule has 1 unspecified atom stereocenters. The van der Waals surface area contributed by atoms with Crippen LogP contribution in [0.3, 0.4) is 0 Å². The number of rotatable bonds is 7. The molecule has 2 amide bonds. The Bertz CT molecular complexity index is 1150. The maximum atomic E-state index is 13.0. The van der Waals surface area contributed by atoms with Crippen molar-refractivity contribution in [3.8, 4) is 5.75 Å². The van der Waals surface area contributed by atoms with Crippen LogP contribution in [-0.4, -0.2) is 28.5 Å². The van der Waals surface area contributed by atoms with Gasteiger partial charge in [0.25, 0.3) is 0 Å². The summed E-state index contributed by atoms with van der Waals surface area (Å²) >= 11 is 6.52. The average Bonchev–Trinajstić information content (AvgIpc) is 3.11. The number of hydrogen-bond acceptors (Lipinski definition) is 5. The molecule has 7 heteroatoms. The third-order valence-corrected chi connectivity index (χ3v) is 7.20. The maximum absolute atomic E-state index is 13.0. The summed E-state index contributed by atoms with van der Waals surface area (Å²) in [6.07, 6.45) is 5.17. The number of nitrogens with one attached hydrogen (secondary N) is 1. The third kappa shape index (κ3) is 4.23. The largest absolute Gasteiger partial charge is 0.495 e. The van der Waals surface area contributed by atoms with Crippen LogP contribution in [0.2, 0.25) is 0 Å². The normalized spacial score (nSPS) is 17.7. The second-order valence-electron chi connectivity index (χ2n) is 7.69. The molecule has 0 radical (unpaired) electrons. The lowest BCUT2D eigenvalue weighted by molar-refractivity contribution is -0.119. The van der Waals surface area contributed by atoms with Gasteiger partial charge >= 0.3 is 0 Å². The molecular formula is C25H26N2O3S2. The summed E-state index contributed by atoms with van der Waals surface area (Å²) in [6.45, 7) is 8.15. The Morgan fingerprint density at radius 1 is 1.22 bits per heavy atom. The number of ether oxygens (including phenoxy) is 1.